The van der Waals surface area contributed by atoms with Gasteiger partial charge >= 0.3 is 0 Å². The second-order valence-electron chi connectivity index (χ2n) is 7.96. The first-order chi connectivity index (χ1) is 12.3. The standard InChI is InChI=1S/C25H44/c1-4-6-8-10-12-14-16-20-24-21-18-19-23(3)25(24)22-17-15-13-11-9-7-5-2/h18-19,21H,4-17,20,22H2,1-3H3. The van der Waals surface area contributed by atoms with Gasteiger partial charge in [0.2, 0.25) is 0 Å². The zero-order chi connectivity index (χ0) is 18.2. The molecule has 0 amide bonds. The first-order valence-electron chi connectivity index (χ1n) is 11.4. The fourth-order valence-corrected chi connectivity index (χ4v) is 3.89. The van der Waals surface area contributed by atoms with Crippen molar-refractivity contribution in [1.29, 1.82) is 0 Å². The van der Waals surface area contributed by atoms with Crippen LogP contribution in [0, 0.1) is 6.92 Å². The van der Waals surface area contributed by atoms with E-state index in [9.17, 15) is 0 Å². The molecule has 0 saturated heterocycles. The Hall–Kier alpha value is -0.780. The molecule has 0 aliphatic rings. The Balaban J connectivity index is 2.26. The van der Waals surface area contributed by atoms with E-state index >= 15 is 0 Å². The normalized spacial score (nSPS) is 11.2. The molecule has 0 spiro atoms. The van der Waals surface area contributed by atoms with Gasteiger partial charge < -0.3 is 0 Å². The van der Waals surface area contributed by atoms with Gasteiger partial charge in [0.1, 0.15) is 0 Å². The van der Waals surface area contributed by atoms with E-state index in [2.05, 4.69) is 39.0 Å². The van der Waals surface area contributed by atoms with Crippen LogP contribution in [0.15, 0.2) is 18.2 Å². The minimum Gasteiger partial charge on any atom is -0.0654 e. The van der Waals surface area contributed by atoms with Crippen LogP contribution in [-0.4, -0.2) is 0 Å². The summed E-state index contributed by atoms with van der Waals surface area (Å²) >= 11 is 0. The molecule has 0 nitrogen and oxygen atoms in total. The number of rotatable bonds is 16. The van der Waals surface area contributed by atoms with Gasteiger partial charge in [0.25, 0.3) is 0 Å². The second kappa shape index (κ2) is 15.5. The largest absolute Gasteiger partial charge is 0.0654 e. The third kappa shape index (κ3) is 10.7. The molecule has 144 valence electrons. The van der Waals surface area contributed by atoms with Gasteiger partial charge in [-0.3, -0.25) is 0 Å². The lowest BCUT2D eigenvalue weighted by Crippen LogP contribution is -1.98. The van der Waals surface area contributed by atoms with Crippen molar-refractivity contribution >= 4 is 0 Å². The van der Waals surface area contributed by atoms with Crippen LogP contribution in [0.1, 0.15) is 120 Å². The lowest BCUT2D eigenvalue weighted by atomic mass is 9.93. The van der Waals surface area contributed by atoms with E-state index in [4.69, 9.17) is 0 Å². The Bertz CT molecular complexity index is 418. The third-order valence-corrected chi connectivity index (χ3v) is 5.59. The average Bonchev–Trinajstić information content (AvgIpc) is 2.62. The minimum absolute atomic E-state index is 1.29. The summed E-state index contributed by atoms with van der Waals surface area (Å²) in [4.78, 5) is 0. The number of unbranched alkanes of at least 4 members (excludes halogenated alkanes) is 12. The summed E-state index contributed by atoms with van der Waals surface area (Å²) in [6.45, 7) is 6.90. The molecule has 0 unspecified atom stereocenters. The highest BCUT2D eigenvalue weighted by Gasteiger charge is 2.05. The minimum atomic E-state index is 1.29. The summed E-state index contributed by atoms with van der Waals surface area (Å²) in [5.74, 6) is 0. The quantitative estimate of drug-likeness (QED) is 0.263. The molecule has 0 heterocycles. The molecule has 0 saturated carbocycles. The van der Waals surface area contributed by atoms with Gasteiger partial charge in [0, 0.05) is 0 Å². The summed E-state index contributed by atoms with van der Waals surface area (Å²) in [7, 11) is 0. The number of benzene rings is 1. The van der Waals surface area contributed by atoms with Crippen molar-refractivity contribution in [3.63, 3.8) is 0 Å². The molecule has 0 aliphatic carbocycles. The van der Waals surface area contributed by atoms with Gasteiger partial charge in [-0.05, 0) is 49.3 Å². The third-order valence-electron chi connectivity index (χ3n) is 5.59. The molecule has 0 atom stereocenters. The highest BCUT2D eigenvalue weighted by atomic mass is 14.1. The highest BCUT2D eigenvalue weighted by molar-refractivity contribution is 5.34. The fraction of sp³-hybridized carbons (Fsp3) is 0.760. The van der Waals surface area contributed by atoms with Crippen LogP contribution < -0.4 is 0 Å². The van der Waals surface area contributed by atoms with E-state index in [-0.39, 0.29) is 0 Å². The smallest absolute Gasteiger partial charge is 0.0274 e. The maximum Gasteiger partial charge on any atom is -0.0274 e. The maximum atomic E-state index is 2.39. The molecule has 0 N–H and O–H groups in total. The first-order valence-corrected chi connectivity index (χ1v) is 11.4. The molecule has 0 aliphatic heterocycles. The Morgan fingerprint density at radius 3 is 1.60 bits per heavy atom. The number of hydrogen-bond acceptors (Lipinski definition) is 0. The molecule has 0 heteroatoms. The predicted octanol–water partition coefficient (Wildman–Crippen LogP) is 8.58. The van der Waals surface area contributed by atoms with Crippen molar-refractivity contribution in [3.05, 3.63) is 34.9 Å². The molecule has 0 aromatic heterocycles. The summed E-state index contributed by atoms with van der Waals surface area (Å²) in [5.41, 5.74) is 4.83. The molecular weight excluding hydrogens is 300 g/mol. The van der Waals surface area contributed by atoms with Crippen molar-refractivity contribution in [2.45, 2.75) is 124 Å². The Morgan fingerprint density at radius 2 is 1.04 bits per heavy atom. The Morgan fingerprint density at radius 1 is 0.560 bits per heavy atom. The number of hydrogen-bond donors (Lipinski definition) is 0. The molecule has 1 aromatic carbocycles. The van der Waals surface area contributed by atoms with E-state index in [0.717, 1.165) is 0 Å². The van der Waals surface area contributed by atoms with Crippen molar-refractivity contribution in [3.8, 4) is 0 Å². The van der Waals surface area contributed by atoms with E-state index in [0.29, 0.717) is 0 Å². The zero-order valence-electron chi connectivity index (χ0n) is 17.5. The van der Waals surface area contributed by atoms with E-state index in [1.807, 2.05) is 0 Å². The summed E-state index contributed by atoms with van der Waals surface area (Å²) in [5, 5.41) is 0. The van der Waals surface area contributed by atoms with Crippen LogP contribution in [0.3, 0.4) is 0 Å². The topological polar surface area (TPSA) is 0 Å². The van der Waals surface area contributed by atoms with E-state index < -0.39 is 0 Å². The molecule has 1 aromatic rings. The predicted molar refractivity (Wildman–Crippen MR) is 115 cm³/mol. The van der Waals surface area contributed by atoms with Gasteiger partial charge in [-0.15, -0.1) is 0 Å². The van der Waals surface area contributed by atoms with Crippen LogP contribution in [0.25, 0.3) is 0 Å². The van der Waals surface area contributed by atoms with E-state index in [1.54, 1.807) is 11.1 Å². The molecule has 0 radical (unpaired) electrons. The first kappa shape index (κ1) is 22.3. The maximum absolute atomic E-state index is 2.39. The fourth-order valence-electron chi connectivity index (χ4n) is 3.89. The van der Waals surface area contributed by atoms with Crippen LogP contribution in [0.4, 0.5) is 0 Å². The van der Waals surface area contributed by atoms with Crippen molar-refractivity contribution < 1.29 is 0 Å². The summed E-state index contributed by atoms with van der Waals surface area (Å²) in [6.07, 6.45) is 22.3. The molecule has 25 heavy (non-hydrogen) atoms. The number of aryl methyl sites for hydroxylation is 2. The monoisotopic (exact) mass is 344 g/mol. The SMILES string of the molecule is CCCCCCCCCc1cccc(C)c1CCCCCCCCC. The highest BCUT2D eigenvalue weighted by Crippen LogP contribution is 2.21. The average molecular weight is 345 g/mol. The van der Waals surface area contributed by atoms with Gasteiger partial charge in [-0.1, -0.05) is 109 Å². The van der Waals surface area contributed by atoms with Crippen molar-refractivity contribution in [2.75, 3.05) is 0 Å². The molecule has 0 bridgehead atoms. The van der Waals surface area contributed by atoms with Crippen LogP contribution >= 0.6 is 0 Å². The van der Waals surface area contributed by atoms with Gasteiger partial charge in [0.15, 0.2) is 0 Å². The zero-order valence-corrected chi connectivity index (χ0v) is 17.5. The summed E-state index contributed by atoms with van der Waals surface area (Å²) < 4.78 is 0. The van der Waals surface area contributed by atoms with Crippen LogP contribution in [0.5, 0.6) is 0 Å². The van der Waals surface area contributed by atoms with E-state index in [1.165, 1.54) is 108 Å². The summed E-state index contributed by atoms with van der Waals surface area (Å²) in [6, 6.07) is 6.96. The van der Waals surface area contributed by atoms with Gasteiger partial charge in [-0.25, -0.2) is 0 Å². The van der Waals surface area contributed by atoms with Gasteiger partial charge in [0.05, 0.1) is 0 Å². The van der Waals surface area contributed by atoms with Gasteiger partial charge in [-0.2, -0.15) is 0 Å². The lowest BCUT2D eigenvalue weighted by Gasteiger charge is -2.13. The lowest BCUT2D eigenvalue weighted by molar-refractivity contribution is 0.582. The Kier molecular flexibility index (Phi) is 13.8. The van der Waals surface area contributed by atoms with Crippen LogP contribution in [-0.2, 0) is 12.8 Å². The van der Waals surface area contributed by atoms with Crippen LogP contribution in [0.2, 0.25) is 0 Å². The van der Waals surface area contributed by atoms with Crippen molar-refractivity contribution in [1.82, 2.24) is 0 Å². The second-order valence-corrected chi connectivity index (χ2v) is 7.96. The molecule has 1 rings (SSSR count). The molecule has 0 fully saturated rings. The van der Waals surface area contributed by atoms with Crippen molar-refractivity contribution in [2.24, 2.45) is 0 Å². The molecular formula is C25H44. The Labute approximate surface area is 158 Å².